The third-order valence-corrected chi connectivity index (χ3v) is 3.88. The number of aliphatic carboxylic acids is 1. The number of methoxy groups -OCH3 is 1. The molecular weight excluding hydrogens is 232 g/mol. The fraction of sp³-hybridized carbons (Fsp3) is 0.923. The number of nitrogens with one attached hydrogen (secondary N) is 1. The molecule has 5 nitrogen and oxygen atoms in total. The van der Waals surface area contributed by atoms with Crippen molar-refractivity contribution < 1.29 is 14.6 Å². The van der Waals surface area contributed by atoms with Gasteiger partial charge in [0.2, 0.25) is 0 Å². The van der Waals surface area contributed by atoms with Gasteiger partial charge in [0.05, 0.1) is 6.61 Å². The van der Waals surface area contributed by atoms with Crippen LogP contribution in [0.4, 0.5) is 0 Å². The quantitative estimate of drug-likeness (QED) is 0.678. The maximum absolute atomic E-state index is 11.5. The molecule has 2 atom stereocenters. The highest BCUT2D eigenvalue weighted by atomic mass is 16.5. The topological polar surface area (TPSA) is 61.8 Å². The van der Waals surface area contributed by atoms with E-state index in [0.717, 1.165) is 25.9 Å². The molecule has 0 aromatic carbocycles. The highest BCUT2D eigenvalue weighted by molar-refractivity contribution is 5.79. The number of hydrogen-bond acceptors (Lipinski definition) is 4. The minimum atomic E-state index is -0.720. The van der Waals surface area contributed by atoms with Crippen molar-refractivity contribution in [3.05, 3.63) is 0 Å². The fourth-order valence-corrected chi connectivity index (χ4v) is 2.61. The molecule has 0 aromatic heterocycles. The molecule has 5 heteroatoms. The van der Waals surface area contributed by atoms with Gasteiger partial charge >= 0.3 is 5.97 Å². The number of rotatable bonds is 8. The first-order chi connectivity index (χ1) is 8.55. The van der Waals surface area contributed by atoms with Crippen molar-refractivity contribution >= 4 is 5.97 Å². The predicted molar refractivity (Wildman–Crippen MR) is 70.8 cm³/mol. The molecule has 106 valence electrons. The molecule has 0 aliphatic heterocycles. The molecule has 2 unspecified atom stereocenters. The summed E-state index contributed by atoms with van der Waals surface area (Å²) in [6.07, 6.45) is 3.29. The van der Waals surface area contributed by atoms with Gasteiger partial charge in [0.1, 0.15) is 5.54 Å². The summed E-state index contributed by atoms with van der Waals surface area (Å²) < 4.78 is 5.06. The summed E-state index contributed by atoms with van der Waals surface area (Å²) in [5, 5.41) is 12.7. The molecule has 0 aromatic rings. The number of carboxylic acids is 1. The van der Waals surface area contributed by atoms with Gasteiger partial charge in [-0.1, -0.05) is 6.92 Å². The van der Waals surface area contributed by atoms with Gasteiger partial charge in [0, 0.05) is 19.7 Å². The van der Waals surface area contributed by atoms with E-state index in [1.165, 1.54) is 0 Å². The summed E-state index contributed by atoms with van der Waals surface area (Å²) in [7, 11) is 3.73. The Morgan fingerprint density at radius 1 is 1.61 bits per heavy atom. The number of ether oxygens (including phenoxy) is 1. The summed E-state index contributed by atoms with van der Waals surface area (Å²) in [5.74, 6) is -0.710. The van der Waals surface area contributed by atoms with E-state index in [1.807, 2.05) is 7.05 Å². The summed E-state index contributed by atoms with van der Waals surface area (Å²) in [5.41, 5.74) is -0.720. The molecule has 0 radical (unpaired) electrons. The first-order valence-electron chi connectivity index (χ1n) is 6.73. The largest absolute Gasteiger partial charge is 0.480 e. The maximum Gasteiger partial charge on any atom is 0.323 e. The molecule has 2 N–H and O–H groups in total. The summed E-state index contributed by atoms with van der Waals surface area (Å²) in [6.45, 7) is 4.36. The molecule has 0 saturated heterocycles. The molecule has 1 saturated carbocycles. The number of hydrogen-bond donors (Lipinski definition) is 2. The zero-order chi connectivity index (χ0) is 13.6. The Morgan fingerprint density at radius 3 is 2.89 bits per heavy atom. The third-order valence-electron chi connectivity index (χ3n) is 3.88. The Hall–Kier alpha value is -0.650. The van der Waals surface area contributed by atoms with Gasteiger partial charge in [-0.3, -0.25) is 4.79 Å². The van der Waals surface area contributed by atoms with Crippen molar-refractivity contribution in [3.8, 4) is 0 Å². The molecular formula is C13H26N2O3. The van der Waals surface area contributed by atoms with Gasteiger partial charge in [0.25, 0.3) is 0 Å². The van der Waals surface area contributed by atoms with Crippen molar-refractivity contribution in [2.24, 2.45) is 0 Å². The number of carboxylic acid groups (broad SMARTS) is 1. The molecule has 1 aliphatic rings. The van der Waals surface area contributed by atoms with Crippen molar-refractivity contribution in [3.63, 3.8) is 0 Å². The van der Waals surface area contributed by atoms with Crippen LogP contribution in [0.5, 0.6) is 0 Å². The summed E-state index contributed by atoms with van der Waals surface area (Å²) >= 11 is 0. The van der Waals surface area contributed by atoms with Gasteiger partial charge < -0.3 is 20.1 Å². The molecule has 1 fully saturated rings. The Kier molecular flexibility index (Phi) is 6.05. The van der Waals surface area contributed by atoms with Gasteiger partial charge in [-0.15, -0.1) is 0 Å². The zero-order valence-electron chi connectivity index (χ0n) is 11.7. The first-order valence-corrected chi connectivity index (χ1v) is 6.73. The molecule has 0 amide bonds. The van der Waals surface area contributed by atoms with Crippen LogP contribution in [0.1, 0.15) is 32.6 Å². The molecule has 0 spiro atoms. The van der Waals surface area contributed by atoms with Gasteiger partial charge in [-0.25, -0.2) is 0 Å². The second-order valence-corrected chi connectivity index (χ2v) is 5.18. The smallest absolute Gasteiger partial charge is 0.323 e. The summed E-state index contributed by atoms with van der Waals surface area (Å²) in [4.78, 5) is 13.7. The van der Waals surface area contributed by atoms with Crippen LogP contribution in [-0.2, 0) is 9.53 Å². The molecule has 1 rings (SSSR count). The van der Waals surface area contributed by atoms with E-state index in [9.17, 15) is 9.90 Å². The molecule has 0 bridgehead atoms. The lowest BCUT2D eigenvalue weighted by atomic mass is 9.97. The zero-order valence-corrected chi connectivity index (χ0v) is 11.7. The number of likely N-dealkylation sites (N-methyl/N-ethyl adjacent to an activating group) is 1. The second kappa shape index (κ2) is 7.07. The SMILES string of the molecule is CCCNC1(C(=O)O)CCC(N(C)CCOC)C1. The van der Waals surface area contributed by atoms with Crippen LogP contribution in [0.25, 0.3) is 0 Å². The van der Waals surface area contributed by atoms with Crippen LogP contribution in [0, 0.1) is 0 Å². The molecule has 0 heterocycles. The number of nitrogens with zero attached hydrogens (tertiary/aromatic N) is 1. The highest BCUT2D eigenvalue weighted by Gasteiger charge is 2.45. The van der Waals surface area contributed by atoms with Crippen molar-refractivity contribution in [1.29, 1.82) is 0 Å². The minimum absolute atomic E-state index is 0.334. The Labute approximate surface area is 109 Å². The van der Waals surface area contributed by atoms with E-state index < -0.39 is 11.5 Å². The van der Waals surface area contributed by atoms with Crippen LogP contribution < -0.4 is 5.32 Å². The van der Waals surface area contributed by atoms with Crippen LogP contribution in [0.2, 0.25) is 0 Å². The number of carbonyl (C=O) groups is 1. The maximum atomic E-state index is 11.5. The van der Waals surface area contributed by atoms with Crippen molar-refractivity contribution in [2.75, 3.05) is 33.9 Å². The lowest BCUT2D eigenvalue weighted by molar-refractivity contribution is -0.144. The molecule has 1 aliphatic carbocycles. The highest BCUT2D eigenvalue weighted by Crippen LogP contribution is 2.33. The van der Waals surface area contributed by atoms with E-state index in [-0.39, 0.29) is 0 Å². The van der Waals surface area contributed by atoms with E-state index in [4.69, 9.17) is 4.74 Å². The third kappa shape index (κ3) is 3.67. The van der Waals surface area contributed by atoms with Gasteiger partial charge in [0.15, 0.2) is 0 Å². The van der Waals surface area contributed by atoms with Crippen LogP contribution in [0.15, 0.2) is 0 Å². The lowest BCUT2D eigenvalue weighted by Gasteiger charge is -2.28. The fourth-order valence-electron chi connectivity index (χ4n) is 2.61. The van der Waals surface area contributed by atoms with E-state index in [2.05, 4.69) is 17.1 Å². The van der Waals surface area contributed by atoms with Crippen LogP contribution in [-0.4, -0.2) is 61.4 Å². The van der Waals surface area contributed by atoms with Gasteiger partial charge in [-0.2, -0.15) is 0 Å². The minimum Gasteiger partial charge on any atom is -0.480 e. The van der Waals surface area contributed by atoms with Crippen LogP contribution in [0.3, 0.4) is 0 Å². The average Bonchev–Trinajstić information content (AvgIpc) is 2.79. The van der Waals surface area contributed by atoms with Crippen molar-refractivity contribution in [2.45, 2.75) is 44.2 Å². The second-order valence-electron chi connectivity index (χ2n) is 5.18. The van der Waals surface area contributed by atoms with E-state index in [1.54, 1.807) is 7.11 Å². The molecule has 18 heavy (non-hydrogen) atoms. The van der Waals surface area contributed by atoms with E-state index >= 15 is 0 Å². The van der Waals surface area contributed by atoms with E-state index in [0.29, 0.717) is 25.5 Å². The average molecular weight is 258 g/mol. The Balaban J connectivity index is 2.56. The summed E-state index contributed by atoms with van der Waals surface area (Å²) in [6, 6.07) is 0.334. The van der Waals surface area contributed by atoms with Crippen LogP contribution >= 0.6 is 0 Å². The first kappa shape index (κ1) is 15.4. The lowest BCUT2D eigenvalue weighted by Crippen LogP contribution is -2.51. The normalized spacial score (nSPS) is 27.9. The van der Waals surface area contributed by atoms with Gasteiger partial charge in [-0.05, 0) is 39.3 Å². The standard InChI is InChI=1S/C13H26N2O3/c1-4-7-14-13(12(16)17)6-5-11(10-13)15(2)8-9-18-3/h11,14H,4-10H2,1-3H3,(H,16,17). The predicted octanol–water partition coefficient (Wildman–Crippen LogP) is 0.940. The Morgan fingerprint density at radius 2 is 2.33 bits per heavy atom. The Bertz CT molecular complexity index is 273. The monoisotopic (exact) mass is 258 g/mol. The van der Waals surface area contributed by atoms with Crippen molar-refractivity contribution in [1.82, 2.24) is 10.2 Å².